The Morgan fingerprint density at radius 1 is 1.20 bits per heavy atom. The third-order valence-corrected chi connectivity index (χ3v) is 4.82. The predicted octanol–water partition coefficient (Wildman–Crippen LogP) is 5.48. The first-order valence-electron chi connectivity index (χ1n) is 7.79. The molecule has 1 aromatic carbocycles. The van der Waals surface area contributed by atoms with Crippen molar-refractivity contribution < 1.29 is 0 Å². The molecule has 1 aromatic heterocycles. The van der Waals surface area contributed by atoms with Crippen molar-refractivity contribution in [1.82, 2.24) is 9.55 Å². The number of hydrogen-bond acceptors (Lipinski definition) is 1. The first-order valence-corrected chi connectivity index (χ1v) is 8.23. The van der Waals surface area contributed by atoms with E-state index in [1.807, 2.05) is 6.92 Å². The Morgan fingerprint density at radius 2 is 1.95 bits per heavy atom. The standard InChI is InChI=1S/C17H23ClN2/c1-12-8-4-3-5-10-15(12)20-16-11-7-6-9-14(16)19-17(20)13(2)18/h6-7,9,11-13,15H,3-5,8,10H2,1-2H3. The Bertz CT molecular complexity index is 588. The summed E-state index contributed by atoms with van der Waals surface area (Å²) in [5, 5.41) is -0.0437. The topological polar surface area (TPSA) is 17.8 Å². The Hall–Kier alpha value is -1.02. The number of fused-ring (bicyclic) bond motifs is 1. The van der Waals surface area contributed by atoms with E-state index in [0.29, 0.717) is 12.0 Å². The van der Waals surface area contributed by atoms with E-state index in [9.17, 15) is 0 Å². The lowest BCUT2D eigenvalue weighted by Gasteiger charge is -2.26. The molecule has 20 heavy (non-hydrogen) atoms. The molecule has 1 saturated carbocycles. The van der Waals surface area contributed by atoms with Crippen LogP contribution in [-0.2, 0) is 0 Å². The lowest BCUT2D eigenvalue weighted by molar-refractivity contribution is 0.333. The molecule has 0 radical (unpaired) electrons. The molecule has 2 nitrogen and oxygen atoms in total. The maximum absolute atomic E-state index is 6.40. The maximum atomic E-state index is 6.40. The fourth-order valence-corrected chi connectivity index (χ4v) is 3.70. The summed E-state index contributed by atoms with van der Waals surface area (Å²) in [5.74, 6) is 1.73. The van der Waals surface area contributed by atoms with Crippen molar-refractivity contribution in [3.8, 4) is 0 Å². The molecule has 3 atom stereocenters. The summed E-state index contributed by atoms with van der Waals surface area (Å²) in [6, 6.07) is 8.98. The van der Waals surface area contributed by atoms with Crippen molar-refractivity contribution in [2.24, 2.45) is 5.92 Å². The number of rotatable bonds is 2. The first kappa shape index (κ1) is 13.9. The van der Waals surface area contributed by atoms with Gasteiger partial charge < -0.3 is 4.57 Å². The molecule has 0 amide bonds. The highest BCUT2D eigenvalue weighted by Gasteiger charge is 2.26. The molecule has 3 rings (SSSR count). The van der Waals surface area contributed by atoms with Gasteiger partial charge in [0.25, 0.3) is 0 Å². The van der Waals surface area contributed by atoms with Gasteiger partial charge in [-0.25, -0.2) is 4.98 Å². The summed E-state index contributed by atoms with van der Waals surface area (Å²) in [7, 11) is 0. The van der Waals surface area contributed by atoms with E-state index >= 15 is 0 Å². The lowest BCUT2D eigenvalue weighted by atomic mass is 9.96. The third kappa shape index (κ3) is 2.46. The molecule has 0 N–H and O–H groups in total. The van der Waals surface area contributed by atoms with Crippen molar-refractivity contribution in [2.75, 3.05) is 0 Å². The quantitative estimate of drug-likeness (QED) is 0.529. The largest absolute Gasteiger partial charge is 0.323 e. The Kier molecular flexibility index (Phi) is 4.02. The van der Waals surface area contributed by atoms with Gasteiger partial charge in [0.1, 0.15) is 5.82 Å². The van der Waals surface area contributed by atoms with Gasteiger partial charge in [0.2, 0.25) is 0 Å². The molecule has 3 heteroatoms. The molecule has 3 unspecified atom stereocenters. The van der Waals surface area contributed by atoms with E-state index in [4.69, 9.17) is 16.6 Å². The maximum Gasteiger partial charge on any atom is 0.127 e. The molecular formula is C17H23ClN2. The Balaban J connectivity index is 2.14. The van der Waals surface area contributed by atoms with E-state index in [1.165, 1.54) is 37.6 Å². The first-order chi connectivity index (χ1) is 9.68. The van der Waals surface area contributed by atoms with Gasteiger partial charge in [-0.05, 0) is 37.8 Å². The fraction of sp³-hybridized carbons (Fsp3) is 0.588. The number of nitrogens with zero attached hydrogens (tertiary/aromatic N) is 2. The number of para-hydroxylation sites is 2. The second-order valence-electron chi connectivity index (χ2n) is 6.13. The minimum atomic E-state index is -0.0437. The zero-order valence-electron chi connectivity index (χ0n) is 12.3. The van der Waals surface area contributed by atoms with Crippen molar-refractivity contribution in [1.29, 1.82) is 0 Å². The molecule has 2 aromatic rings. The number of hydrogen-bond donors (Lipinski definition) is 0. The van der Waals surface area contributed by atoms with Gasteiger partial charge in [0.15, 0.2) is 0 Å². The Morgan fingerprint density at radius 3 is 2.75 bits per heavy atom. The van der Waals surface area contributed by atoms with Gasteiger partial charge in [-0.2, -0.15) is 0 Å². The monoisotopic (exact) mass is 290 g/mol. The lowest BCUT2D eigenvalue weighted by Crippen LogP contribution is -2.18. The highest BCUT2D eigenvalue weighted by Crippen LogP contribution is 2.37. The van der Waals surface area contributed by atoms with Crippen molar-refractivity contribution in [3.05, 3.63) is 30.1 Å². The van der Waals surface area contributed by atoms with Crippen LogP contribution in [-0.4, -0.2) is 9.55 Å². The molecule has 0 bridgehead atoms. The van der Waals surface area contributed by atoms with Crippen LogP contribution < -0.4 is 0 Å². The normalized spacial score (nSPS) is 25.6. The van der Waals surface area contributed by atoms with Gasteiger partial charge in [0.05, 0.1) is 16.4 Å². The van der Waals surface area contributed by atoms with Crippen molar-refractivity contribution >= 4 is 22.6 Å². The van der Waals surface area contributed by atoms with Gasteiger partial charge in [0, 0.05) is 6.04 Å². The van der Waals surface area contributed by atoms with Crippen molar-refractivity contribution in [2.45, 2.75) is 57.4 Å². The second kappa shape index (κ2) is 5.77. The minimum Gasteiger partial charge on any atom is -0.323 e. The third-order valence-electron chi connectivity index (χ3n) is 4.63. The summed E-state index contributed by atoms with van der Waals surface area (Å²) in [6.45, 7) is 4.41. The van der Waals surface area contributed by atoms with Crippen LogP contribution in [0.15, 0.2) is 24.3 Å². The van der Waals surface area contributed by atoms with Crippen LogP contribution in [0.25, 0.3) is 11.0 Å². The molecule has 1 heterocycles. The summed E-state index contributed by atoms with van der Waals surface area (Å²) in [6.07, 6.45) is 6.60. The minimum absolute atomic E-state index is 0.0437. The van der Waals surface area contributed by atoms with Crippen LogP contribution in [0.1, 0.15) is 63.2 Å². The van der Waals surface area contributed by atoms with E-state index in [2.05, 4.69) is 35.8 Å². The van der Waals surface area contributed by atoms with E-state index in [1.54, 1.807) is 0 Å². The number of aromatic nitrogens is 2. The van der Waals surface area contributed by atoms with Gasteiger partial charge >= 0.3 is 0 Å². The zero-order chi connectivity index (χ0) is 14.1. The smallest absolute Gasteiger partial charge is 0.127 e. The molecule has 1 aliphatic carbocycles. The second-order valence-corrected chi connectivity index (χ2v) is 6.78. The molecule has 1 fully saturated rings. The summed E-state index contributed by atoms with van der Waals surface area (Å²) in [5.41, 5.74) is 2.32. The average Bonchev–Trinajstić information content (AvgIpc) is 2.70. The van der Waals surface area contributed by atoms with Crippen LogP contribution in [0.4, 0.5) is 0 Å². The van der Waals surface area contributed by atoms with E-state index in [0.717, 1.165) is 11.3 Å². The van der Waals surface area contributed by atoms with Gasteiger partial charge in [-0.1, -0.05) is 38.3 Å². The molecule has 0 aliphatic heterocycles. The Labute approximate surface area is 126 Å². The highest BCUT2D eigenvalue weighted by atomic mass is 35.5. The van der Waals surface area contributed by atoms with Crippen LogP contribution in [0.2, 0.25) is 0 Å². The molecular weight excluding hydrogens is 268 g/mol. The van der Waals surface area contributed by atoms with Crippen LogP contribution >= 0.6 is 11.6 Å². The molecule has 0 saturated heterocycles. The number of halogens is 1. The predicted molar refractivity (Wildman–Crippen MR) is 85.3 cm³/mol. The summed E-state index contributed by atoms with van der Waals surface area (Å²) >= 11 is 6.40. The average molecular weight is 291 g/mol. The number of imidazole rings is 1. The van der Waals surface area contributed by atoms with Crippen LogP contribution in [0.3, 0.4) is 0 Å². The highest BCUT2D eigenvalue weighted by molar-refractivity contribution is 6.20. The van der Waals surface area contributed by atoms with Crippen LogP contribution in [0.5, 0.6) is 0 Å². The number of alkyl halides is 1. The van der Waals surface area contributed by atoms with Crippen molar-refractivity contribution in [3.63, 3.8) is 0 Å². The molecule has 0 spiro atoms. The molecule has 1 aliphatic rings. The number of benzene rings is 1. The summed E-state index contributed by atoms with van der Waals surface area (Å²) in [4.78, 5) is 4.78. The fourth-order valence-electron chi connectivity index (χ4n) is 3.55. The zero-order valence-corrected chi connectivity index (χ0v) is 13.1. The molecule has 108 valence electrons. The van der Waals surface area contributed by atoms with Gasteiger partial charge in [-0.3, -0.25) is 0 Å². The van der Waals surface area contributed by atoms with E-state index < -0.39 is 0 Å². The van der Waals surface area contributed by atoms with Gasteiger partial charge in [-0.15, -0.1) is 11.6 Å². The SMILES string of the molecule is CC(Cl)c1nc2ccccc2n1C1CCCCCC1C. The van der Waals surface area contributed by atoms with Crippen LogP contribution in [0, 0.1) is 5.92 Å². The summed E-state index contributed by atoms with van der Waals surface area (Å²) < 4.78 is 2.43. The van der Waals surface area contributed by atoms with E-state index in [-0.39, 0.29) is 5.38 Å².